The van der Waals surface area contributed by atoms with Crippen LogP contribution in [-0.2, 0) is 26.2 Å². The number of nitrogens with one attached hydrogen (secondary N) is 1. The molecule has 0 radical (unpaired) electrons. The third-order valence-electron chi connectivity index (χ3n) is 7.42. The van der Waals surface area contributed by atoms with E-state index in [-0.39, 0.29) is 35.6 Å². The molecule has 13 heteroatoms. The molecule has 10 nitrogen and oxygen atoms in total. The Hall–Kier alpha value is -5.20. The maximum Gasteiger partial charge on any atom is 0.435 e. The van der Waals surface area contributed by atoms with Gasteiger partial charge in [0, 0.05) is 62.3 Å². The number of nitrogens with zero attached hydrogens (tertiary/aromatic N) is 6. The summed E-state index contributed by atoms with van der Waals surface area (Å²) in [7, 11) is 4.44. The van der Waals surface area contributed by atoms with Gasteiger partial charge in [-0.2, -0.15) is 18.3 Å². The van der Waals surface area contributed by atoms with Crippen molar-refractivity contribution in [2.75, 3.05) is 25.6 Å². The molecule has 6 rings (SSSR count). The Balaban J connectivity index is 1.48. The van der Waals surface area contributed by atoms with Gasteiger partial charge in [0.15, 0.2) is 5.69 Å². The number of anilines is 1. The van der Waals surface area contributed by atoms with Crippen LogP contribution in [0.15, 0.2) is 61.3 Å². The molecular weight excluding hydrogens is 563 g/mol. The molecule has 2 amide bonds. The number of hydrogen-bond acceptors (Lipinski definition) is 6. The number of halogens is 3. The molecule has 1 aliphatic rings. The molecule has 0 bridgehead atoms. The van der Waals surface area contributed by atoms with Gasteiger partial charge in [0.25, 0.3) is 11.8 Å². The molecule has 0 spiro atoms. The van der Waals surface area contributed by atoms with Gasteiger partial charge in [-0.25, -0.2) is 9.97 Å². The lowest BCUT2D eigenvalue weighted by atomic mass is 9.88. The lowest BCUT2D eigenvalue weighted by Gasteiger charge is -2.30. The molecule has 1 N–H and O–H groups in total. The molecule has 3 aromatic heterocycles. The van der Waals surface area contributed by atoms with Crippen molar-refractivity contribution >= 4 is 28.5 Å². The van der Waals surface area contributed by atoms with E-state index in [0.717, 1.165) is 4.68 Å². The van der Waals surface area contributed by atoms with Crippen LogP contribution < -0.4 is 15.0 Å². The maximum absolute atomic E-state index is 14.1. The van der Waals surface area contributed by atoms with E-state index in [0.29, 0.717) is 45.7 Å². The van der Waals surface area contributed by atoms with E-state index in [4.69, 9.17) is 9.72 Å². The number of benzene rings is 2. The molecule has 2 aromatic carbocycles. The van der Waals surface area contributed by atoms with Crippen molar-refractivity contribution in [2.45, 2.75) is 19.1 Å². The summed E-state index contributed by atoms with van der Waals surface area (Å²) in [5.74, 6) is 0.0245. The third kappa shape index (κ3) is 5.07. The van der Waals surface area contributed by atoms with Crippen LogP contribution >= 0.6 is 0 Å². The van der Waals surface area contributed by atoms with E-state index in [1.807, 2.05) is 0 Å². The van der Waals surface area contributed by atoms with Crippen molar-refractivity contribution in [1.82, 2.24) is 29.6 Å². The smallest absolute Gasteiger partial charge is 0.435 e. The Bertz CT molecular complexity index is 1880. The fourth-order valence-electron chi connectivity index (χ4n) is 5.47. The molecular formula is C30H26F3N7O3. The van der Waals surface area contributed by atoms with Crippen LogP contribution in [0.4, 0.5) is 19.0 Å². The minimum absolute atomic E-state index is 0.0898. The monoisotopic (exact) mass is 589 g/mol. The largest absolute Gasteiger partial charge is 0.497 e. The van der Waals surface area contributed by atoms with E-state index in [1.54, 1.807) is 59.7 Å². The van der Waals surface area contributed by atoms with Gasteiger partial charge in [-0.3, -0.25) is 19.2 Å². The third-order valence-corrected chi connectivity index (χ3v) is 7.42. The van der Waals surface area contributed by atoms with Crippen molar-refractivity contribution in [2.24, 2.45) is 7.05 Å². The Morgan fingerprint density at radius 2 is 1.91 bits per heavy atom. The highest BCUT2D eigenvalue weighted by atomic mass is 19.4. The fourth-order valence-corrected chi connectivity index (χ4v) is 5.47. The van der Waals surface area contributed by atoms with Gasteiger partial charge in [-0.15, -0.1) is 0 Å². The van der Waals surface area contributed by atoms with Crippen molar-refractivity contribution in [3.8, 4) is 16.9 Å². The molecule has 1 aliphatic heterocycles. The first-order valence-corrected chi connectivity index (χ1v) is 13.3. The zero-order valence-corrected chi connectivity index (χ0v) is 23.4. The number of aryl methyl sites for hydroxylation is 1. The van der Waals surface area contributed by atoms with Crippen LogP contribution in [0, 0.1) is 0 Å². The lowest BCUT2D eigenvalue weighted by molar-refractivity contribution is -0.141. The average Bonchev–Trinajstić information content (AvgIpc) is 3.65. The first kappa shape index (κ1) is 27.9. The zero-order valence-electron chi connectivity index (χ0n) is 23.4. The number of fused-ring (bicyclic) bond motifs is 2. The zero-order chi connectivity index (χ0) is 30.5. The van der Waals surface area contributed by atoms with E-state index in [9.17, 15) is 22.8 Å². The van der Waals surface area contributed by atoms with Crippen molar-refractivity contribution in [1.29, 1.82) is 0 Å². The van der Waals surface area contributed by atoms with Crippen molar-refractivity contribution < 1.29 is 27.5 Å². The Labute approximate surface area is 243 Å². The van der Waals surface area contributed by atoms with Crippen LogP contribution in [0.25, 0.3) is 22.0 Å². The summed E-state index contributed by atoms with van der Waals surface area (Å²) in [5, 5.41) is 6.94. The Morgan fingerprint density at radius 1 is 1.12 bits per heavy atom. The van der Waals surface area contributed by atoms with Gasteiger partial charge in [-0.1, -0.05) is 0 Å². The second kappa shape index (κ2) is 10.6. The molecule has 5 aromatic rings. The number of amides is 2. The van der Waals surface area contributed by atoms with Crippen molar-refractivity contribution in [3.63, 3.8) is 0 Å². The number of hydrogen-bond donors (Lipinski definition) is 1. The van der Waals surface area contributed by atoms with Crippen LogP contribution in [0.2, 0.25) is 0 Å². The highest BCUT2D eigenvalue weighted by Crippen LogP contribution is 2.40. The molecule has 220 valence electrons. The molecule has 0 fully saturated rings. The van der Waals surface area contributed by atoms with Crippen LogP contribution in [0.3, 0.4) is 0 Å². The molecule has 0 saturated carbocycles. The fraction of sp³-hybridized carbons (Fsp3) is 0.233. The second-order valence-corrected chi connectivity index (χ2v) is 10.2. The SMILES string of the molecule is CNC(=O)c1cc(OC)cc2ccc(N3CCc4c(cc(Cn5ccnc5)cc4-c4cn(C)nc4C(F)(F)F)C3=O)nc12. The molecule has 4 heterocycles. The quantitative estimate of drug-likeness (QED) is 0.313. The van der Waals surface area contributed by atoms with Crippen LogP contribution in [-0.4, -0.2) is 56.8 Å². The Morgan fingerprint density at radius 3 is 2.60 bits per heavy atom. The maximum atomic E-state index is 14.1. The van der Waals surface area contributed by atoms with Gasteiger partial charge in [0.2, 0.25) is 0 Å². The predicted molar refractivity (Wildman–Crippen MR) is 152 cm³/mol. The molecule has 0 saturated heterocycles. The minimum Gasteiger partial charge on any atom is -0.497 e. The molecule has 0 atom stereocenters. The summed E-state index contributed by atoms with van der Waals surface area (Å²) in [4.78, 5) is 37.0. The first-order valence-electron chi connectivity index (χ1n) is 13.3. The van der Waals surface area contributed by atoms with Gasteiger partial charge >= 0.3 is 6.18 Å². The lowest BCUT2D eigenvalue weighted by Crippen LogP contribution is -2.38. The summed E-state index contributed by atoms with van der Waals surface area (Å²) in [6.45, 7) is 0.464. The summed E-state index contributed by atoms with van der Waals surface area (Å²) in [6.07, 6.45) is 1.85. The van der Waals surface area contributed by atoms with E-state index in [2.05, 4.69) is 15.4 Å². The Kier molecular flexibility index (Phi) is 6.87. The van der Waals surface area contributed by atoms with Gasteiger partial charge in [0.05, 0.1) is 24.5 Å². The number of rotatable bonds is 6. The molecule has 0 unspecified atom stereocenters. The summed E-state index contributed by atoms with van der Waals surface area (Å²) in [5.41, 5.74) is 1.28. The molecule has 43 heavy (non-hydrogen) atoms. The van der Waals surface area contributed by atoms with Crippen LogP contribution in [0.1, 0.15) is 37.5 Å². The van der Waals surface area contributed by atoms with Crippen LogP contribution in [0.5, 0.6) is 5.75 Å². The predicted octanol–water partition coefficient (Wildman–Crippen LogP) is 4.47. The van der Waals surface area contributed by atoms with E-state index < -0.39 is 17.8 Å². The summed E-state index contributed by atoms with van der Waals surface area (Å²) < 4.78 is 50.3. The standard InChI is InChI=1S/C30H26F3N7O3/c1-34-28(41)23-13-19(43-3)12-18-4-5-25(36-26(18)23)40-8-6-20-21(24-15-38(2)37-27(24)30(31,32)33)10-17(11-22(20)29(40)42)14-39-9-7-35-16-39/h4-5,7,9-13,15-16H,6,8,14H2,1-3H3,(H,34,41). The number of methoxy groups -OCH3 is 1. The summed E-state index contributed by atoms with van der Waals surface area (Å²) in [6, 6.07) is 10.1. The minimum atomic E-state index is -4.69. The average molecular weight is 590 g/mol. The van der Waals surface area contributed by atoms with Gasteiger partial charge in [0.1, 0.15) is 11.6 Å². The van der Waals surface area contributed by atoms with Gasteiger partial charge < -0.3 is 14.6 Å². The highest BCUT2D eigenvalue weighted by molar-refractivity contribution is 6.10. The van der Waals surface area contributed by atoms with E-state index in [1.165, 1.54) is 32.3 Å². The normalized spacial score (nSPS) is 13.3. The summed E-state index contributed by atoms with van der Waals surface area (Å²) >= 11 is 0. The highest BCUT2D eigenvalue weighted by Gasteiger charge is 2.39. The van der Waals surface area contributed by atoms with Gasteiger partial charge in [-0.05, 0) is 59.5 Å². The first-order chi connectivity index (χ1) is 20.6. The number of ether oxygens (including phenoxy) is 1. The van der Waals surface area contributed by atoms with E-state index >= 15 is 0 Å². The number of imidazole rings is 1. The number of carbonyl (C=O) groups excluding carboxylic acids is 2. The second-order valence-electron chi connectivity index (χ2n) is 10.2. The van der Waals surface area contributed by atoms with Crippen molar-refractivity contribution in [3.05, 3.63) is 89.3 Å². The molecule has 0 aliphatic carbocycles. The topological polar surface area (TPSA) is 107 Å². The number of pyridine rings is 1. The number of alkyl halides is 3. The number of aromatic nitrogens is 5. The number of carbonyl (C=O) groups is 2.